The summed E-state index contributed by atoms with van der Waals surface area (Å²) in [6, 6.07) is 14.2. The van der Waals surface area contributed by atoms with Gasteiger partial charge in [0.15, 0.2) is 15.6 Å². The minimum absolute atomic E-state index is 0.174. The van der Waals surface area contributed by atoms with Gasteiger partial charge in [-0.2, -0.15) is 4.98 Å². The van der Waals surface area contributed by atoms with E-state index in [0.717, 1.165) is 22.3 Å². The Labute approximate surface area is 187 Å². The molecule has 4 rings (SSSR count). The summed E-state index contributed by atoms with van der Waals surface area (Å²) in [5.41, 5.74) is 3.45. The number of sulfone groups is 1. The highest BCUT2D eigenvalue weighted by atomic mass is 32.2. The molecule has 0 aliphatic rings. The summed E-state index contributed by atoms with van der Waals surface area (Å²) in [7, 11) is -3.57. The predicted octanol–water partition coefficient (Wildman–Crippen LogP) is 5.29. The van der Waals surface area contributed by atoms with Crippen LogP contribution in [0.4, 0.5) is 0 Å². The third-order valence-corrected chi connectivity index (χ3v) is 6.93. The normalized spacial score (nSPS) is 11.6. The third-order valence-electron chi connectivity index (χ3n) is 5.16. The van der Waals surface area contributed by atoms with Gasteiger partial charge in [-0.1, -0.05) is 23.4 Å². The second-order valence-corrected chi connectivity index (χ2v) is 9.57. The van der Waals surface area contributed by atoms with Gasteiger partial charge < -0.3 is 13.7 Å². The van der Waals surface area contributed by atoms with Crippen molar-refractivity contribution < 1.29 is 22.1 Å². The number of aryl methyl sites for hydroxylation is 3. The van der Waals surface area contributed by atoms with E-state index in [1.807, 2.05) is 51.1 Å². The van der Waals surface area contributed by atoms with E-state index in [2.05, 4.69) is 10.1 Å². The number of hydrogen-bond acceptors (Lipinski definition) is 7. The van der Waals surface area contributed by atoms with E-state index in [0.29, 0.717) is 34.6 Å². The summed E-state index contributed by atoms with van der Waals surface area (Å²) in [6.45, 7) is 8.13. The number of benzene rings is 2. The minimum atomic E-state index is -3.57. The van der Waals surface area contributed by atoms with E-state index in [1.54, 1.807) is 25.1 Å². The van der Waals surface area contributed by atoms with Crippen LogP contribution in [0.1, 0.15) is 29.4 Å². The molecule has 0 unspecified atom stereocenters. The van der Waals surface area contributed by atoms with Crippen LogP contribution < -0.4 is 4.74 Å². The van der Waals surface area contributed by atoms with Crippen LogP contribution in [-0.4, -0.2) is 25.2 Å². The monoisotopic (exact) mass is 452 g/mol. The van der Waals surface area contributed by atoms with Crippen molar-refractivity contribution >= 4 is 9.84 Å². The fourth-order valence-electron chi connectivity index (χ4n) is 3.44. The molecule has 0 spiro atoms. The van der Waals surface area contributed by atoms with E-state index < -0.39 is 9.84 Å². The summed E-state index contributed by atoms with van der Waals surface area (Å²) in [6.07, 6.45) is 0. The van der Waals surface area contributed by atoms with Crippen molar-refractivity contribution in [3.05, 3.63) is 71.0 Å². The van der Waals surface area contributed by atoms with Crippen molar-refractivity contribution in [2.24, 2.45) is 0 Å². The van der Waals surface area contributed by atoms with E-state index in [9.17, 15) is 8.42 Å². The Hall–Kier alpha value is -3.39. The van der Waals surface area contributed by atoms with Gasteiger partial charge in [-0.25, -0.2) is 8.42 Å². The van der Waals surface area contributed by atoms with Crippen LogP contribution in [0.3, 0.4) is 0 Å². The lowest BCUT2D eigenvalue weighted by Gasteiger charge is -2.10. The number of furan rings is 1. The maximum atomic E-state index is 13.0. The first-order valence-electron chi connectivity index (χ1n) is 10.2. The molecule has 8 heteroatoms. The summed E-state index contributed by atoms with van der Waals surface area (Å²) < 4.78 is 42.5. The van der Waals surface area contributed by atoms with Crippen molar-refractivity contribution in [1.82, 2.24) is 10.1 Å². The van der Waals surface area contributed by atoms with Crippen LogP contribution in [0.15, 0.2) is 62.4 Å². The van der Waals surface area contributed by atoms with Crippen LogP contribution in [0.25, 0.3) is 23.0 Å². The quantitative estimate of drug-likeness (QED) is 0.376. The second-order valence-electron chi connectivity index (χ2n) is 7.61. The molecule has 0 atom stereocenters. The second kappa shape index (κ2) is 8.63. The van der Waals surface area contributed by atoms with Crippen LogP contribution >= 0.6 is 0 Å². The Morgan fingerprint density at radius 2 is 1.75 bits per heavy atom. The van der Waals surface area contributed by atoms with Gasteiger partial charge in [0.1, 0.15) is 17.3 Å². The van der Waals surface area contributed by atoms with Crippen LogP contribution in [-0.2, 0) is 15.6 Å². The highest BCUT2D eigenvalue weighted by Crippen LogP contribution is 2.28. The Morgan fingerprint density at radius 3 is 2.53 bits per heavy atom. The van der Waals surface area contributed by atoms with E-state index in [4.69, 9.17) is 13.7 Å². The third kappa shape index (κ3) is 4.45. The molecule has 0 radical (unpaired) electrons. The summed E-state index contributed by atoms with van der Waals surface area (Å²) in [5.74, 6) is 1.63. The van der Waals surface area contributed by atoms with Crippen molar-refractivity contribution in [3.8, 4) is 28.8 Å². The van der Waals surface area contributed by atoms with Crippen molar-refractivity contribution in [2.75, 3.05) is 6.61 Å². The molecule has 7 nitrogen and oxygen atoms in total. The lowest BCUT2D eigenvalue weighted by atomic mass is 10.1. The minimum Gasteiger partial charge on any atom is -0.494 e. The van der Waals surface area contributed by atoms with Gasteiger partial charge in [0.2, 0.25) is 5.82 Å². The van der Waals surface area contributed by atoms with Crippen LogP contribution in [0, 0.1) is 20.8 Å². The molecule has 32 heavy (non-hydrogen) atoms. The van der Waals surface area contributed by atoms with E-state index >= 15 is 0 Å². The molecule has 2 aromatic carbocycles. The maximum Gasteiger partial charge on any atom is 0.293 e. The molecule has 0 saturated carbocycles. The Balaban J connectivity index is 1.56. The molecule has 0 bridgehead atoms. The van der Waals surface area contributed by atoms with Gasteiger partial charge in [0, 0.05) is 5.56 Å². The average molecular weight is 453 g/mol. The largest absolute Gasteiger partial charge is 0.494 e. The van der Waals surface area contributed by atoms with Gasteiger partial charge in [0.05, 0.1) is 11.5 Å². The lowest BCUT2D eigenvalue weighted by molar-refractivity contribution is 0.340. The molecule has 0 N–H and O–H groups in total. The zero-order valence-corrected chi connectivity index (χ0v) is 19.2. The SMILES string of the molecule is CCOc1cccc(-c2noc(-c3ccc(CS(=O)(=O)c4cc(C)c(C)cc4C)o3)n2)c1. The molecule has 4 aromatic rings. The van der Waals surface area contributed by atoms with Crippen molar-refractivity contribution in [1.29, 1.82) is 0 Å². The molecule has 0 saturated heterocycles. The fourth-order valence-corrected chi connectivity index (χ4v) is 5.03. The number of ether oxygens (including phenoxy) is 1. The summed E-state index contributed by atoms with van der Waals surface area (Å²) >= 11 is 0. The first kappa shape index (κ1) is 21.8. The highest BCUT2D eigenvalue weighted by molar-refractivity contribution is 7.90. The zero-order chi connectivity index (χ0) is 22.9. The van der Waals surface area contributed by atoms with Gasteiger partial charge >= 0.3 is 0 Å². The lowest BCUT2D eigenvalue weighted by Crippen LogP contribution is -2.07. The number of aromatic nitrogens is 2. The molecule has 0 aliphatic carbocycles. The molecule has 0 amide bonds. The smallest absolute Gasteiger partial charge is 0.293 e. The predicted molar refractivity (Wildman–Crippen MR) is 120 cm³/mol. The summed E-state index contributed by atoms with van der Waals surface area (Å²) in [5, 5.41) is 4.01. The Kier molecular flexibility index (Phi) is 5.88. The van der Waals surface area contributed by atoms with Gasteiger partial charge in [-0.05, 0) is 74.7 Å². The molecule has 166 valence electrons. The standard InChI is InChI=1S/C24H24N2O5S/c1-5-29-19-8-6-7-18(13-19)23-25-24(31-26-23)21-10-9-20(30-21)14-32(27,28)22-12-16(3)15(2)11-17(22)4/h6-13H,5,14H2,1-4H3. The van der Waals surface area contributed by atoms with Crippen LogP contribution in [0.5, 0.6) is 5.75 Å². The van der Waals surface area contributed by atoms with E-state index in [-0.39, 0.29) is 11.6 Å². The van der Waals surface area contributed by atoms with E-state index in [1.165, 1.54) is 0 Å². The Bertz CT molecular complexity index is 1370. The fraction of sp³-hybridized carbons (Fsp3) is 0.250. The Morgan fingerprint density at radius 1 is 0.969 bits per heavy atom. The molecule has 2 aromatic heterocycles. The topological polar surface area (TPSA) is 95.4 Å². The number of rotatable bonds is 7. The highest BCUT2D eigenvalue weighted by Gasteiger charge is 2.22. The molecular weight excluding hydrogens is 428 g/mol. The average Bonchev–Trinajstić information content (AvgIpc) is 3.40. The number of nitrogens with zero attached hydrogens (tertiary/aromatic N) is 2. The first-order valence-corrected chi connectivity index (χ1v) is 11.9. The van der Waals surface area contributed by atoms with Gasteiger partial charge in [-0.3, -0.25) is 0 Å². The molecule has 0 fully saturated rings. The van der Waals surface area contributed by atoms with Gasteiger partial charge in [0.25, 0.3) is 5.89 Å². The summed E-state index contributed by atoms with van der Waals surface area (Å²) in [4.78, 5) is 4.69. The zero-order valence-electron chi connectivity index (χ0n) is 18.4. The van der Waals surface area contributed by atoms with Gasteiger partial charge in [-0.15, -0.1) is 0 Å². The molecule has 0 aliphatic heterocycles. The van der Waals surface area contributed by atoms with Crippen molar-refractivity contribution in [2.45, 2.75) is 38.3 Å². The van der Waals surface area contributed by atoms with Crippen LogP contribution in [0.2, 0.25) is 0 Å². The molecule has 2 heterocycles. The van der Waals surface area contributed by atoms with Crippen molar-refractivity contribution in [3.63, 3.8) is 0 Å². The molecular formula is C24H24N2O5S. The maximum absolute atomic E-state index is 13.0. The first-order chi connectivity index (χ1) is 15.3. The number of hydrogen-bond donors (Lipinski definition) is 0.